The molecule has 0 aliphatic rings. The van der Waals surface area contributed by atoms with E-state index in [1.807, 2.05) is 6.92 Å². The number of halogens is 2. The zero-order valence-corrected chi connectivity index (χ0v) is 14.4. The van der Waals surface area contributed by atoms with Gasteiger partial charge in [0.05, 0.1) is 11.9 Å². The second-order valence-electron chi connectivity index (χ2n) is 5.93. The van der Waals surface area contributed by atoms with Crippen molar-refractivity contribution in [3.63, 3.8) is 0 Å². The van der Waals surface area contributed by atoms with Crippen molar-refractivity contribution in [3.05, 3.63) is 65.7 Å². The second kappa shape index (κ2) is 6.64. The van der Waals surface area contributed by atoms with Crippen molar-refractivity contribution in [1.29, 1.82) is 0 Å². The Morgan fingerprint density at radius 1 is 0.926 bits per heavy atom. The van der Waals surface area contributed by atoms with Crippen LogP contribution in [-0.2, 0) is 0 Å². The number of aromatic nitrogens is 5. The predicted molar refractivity (Wildman–Crippen MR) is 93.4 cm³/mol. The molecule has 0 saturated heterocycles. The molecule has 27 heavy (non-hydrogen) atoms. The third-order valence-electron chi connectivity index (χ3n) is 4.05. The summed E-state index contributed by atoms with van der Waals surface area (Å²) in [5.41, 5.74) is 2.78. The molecule has 0 radical (unpaired) electrons. The molecule has 0 aliphatic heterocycles. The van der Waals surface area contributed by atoms with Crippen LogP contribution in [0.1, 0.15) is 11.3 Å². The van der Waals surface area contributed by atoms with Gasteiger partial charge in [-0.3, -0.25) is 4.98 Å². The summed E-state index contributed by atoms with van der Waals surface area (Å²) in [5, 5.41) is 3.89. The smallest absolute Gasteiger partial charge is 0.276 e. The van der Waals surface area contributed by atoms with Crippen LogP contribution < -0.4 is 0 Å². The summed E-state index contributed by atoms with van der Waals surface area (Å²) in [6.45, 7) is 3.44. The highest BCUT2D eigenvalue weighted by molar-refractivity contribution is 5.71. The number of aryl methyl sites for hydroxylation is 2. The van der Waals surface area contributed by atoms with Crippen molar-refractivity contribution < 1.29 is 13.3 Å². The van der Waals surface area contributed by atoms with E-state index in [9.17, 15) is 8.78 Å². The van der Waals surface area contributed by atoms with Gasteiger partial charge in [0.1, 0.15) is 17.2 Å². The molecule has 4 aromatic rings. The molecule has 6 nitrogen and oxygen atoms in total. The van der Waals surface area contributed by atoms with E-state index in [1.165, 1.54) is 12.1 Å². The van der Waals surface area contributed by atoms with E-state index in [0.717, 1.165) is 11.8 Å². The van der Waals surface area contributed by atoms with Crippen LogP contribution in [0.15, 0.2) is 47.4 Å². The Hall–Kier alpha value is -3.55. The average molecular weight is 365 g/mol. The molecule has 0 saturated carbocycles. The summed E-state index contributed by atoms with van der Waals surface area (Å²) in [7, 11) is 0. The van der Waals surface area contributed by atoms with Crippen LogP contribution in [0.3, 0.4) is 0 Å². The third-order valence-corrected chi connectivity index (χ3v) is 4.05. The van der Waals surface area contributed by atoms with Gasteiger partial charge in [0.2, 0.25) is 5.82 Å². The van der Waals surface area contributed by atoms with Gasteiger partial charge >= 0.3 is 0 Å². The van der Waals surface area contributed by atoms with Crippen LogP contribution in [0.4, 0.5) is 8.78 Å². The number of nitrogens with zero attached hydrogens (tertiary/aromatic N) is 5. The fraction of sp³-hybridized carbons (Fsp3) is 0.105. The highest BCUT2D eigenvalue weighted by Gasteiger charge is 2.18. The summed E-state index contributed by atoms with van der Waals surface area (Å²) in [4.78, 5) is 16.4. The third kappa shape index (κ3) is 3.17. The highest BCUT2D eigenvalue weighted by Crippen LogP contribution is 2.30. The van der Waals surface area contributed by atoms with E-state index in [4.69, 9.17) is 4.52 Å². The zero-order chi connectivity index (χ0) is 19.0. The molecule has 0 aromatic carbocycles. The number of pyridine rings is 3. The van der Waals surface area contributed by atoms with Crippen LogP contribution in [0.5, 0.6) is 0 Å². The molecule has 0 fully saturated rings. The Bertz CT molecular complexity index is 1130. The lowest BCUT2D eigenvalue weighted by Gasteiger charge is -2.09. The minimum atomic E-state index is -0.467. The Kier molecular flexibility index (Phi) is 4.15. The van der Waals surface area contributed by atoms with E-state index in [0.29, 0.717) is 22.5 Å². The van der Waals surface area contributed by atoms with Crippen LogP contribution in [0.25, 0.3) is 34.2 Å². The van der Waals surface area contributed by atoms with E-state index in [-0.39, 0.29) is 17.4 Å². The molecule has 4 aromatic heterocycles. The lowest BCUT2D eigenvalue weighted by molar-refractivity contribution is 0.430. The van der Waals surface area contributed by atoms with E-state index < -0.39 is 11.6 Å². The SMILES string of the molecule is Cc1ccncc1-c1cc(-c2noc(-c3ccc(F)cn3)n2)nc(C)c1F. The second-order valence-corrected chi connectivity index (χ2v) is 5.93. The molecule has 0 atom stereocenters. The Balaban J connectivity index is 1.79. The Morgan fingerprint density at radius 3 is 2.52 bits per heavy atom. The summed E-state index contributed by atoms with van der Waals surface area (Å²) in [6.07, 6.45) is 4.30. The molecule has 0 aliphatic carbocycles. The first-order chi connectivity index (χ1) is 13.0. The Morgan fingerprint density at radius 2 is 1.78 bits per heavy atom. The van der Waals surface area contributed by atoms with Gasteiger partial charge < -0.3 is 4.52 Å². The van der Waals surface area contributed by atoms with Gasteiger partial charge in [-0.1, -0.05) is 5.16 Å². The summed E-state index contributed by atoms with van der Waals surface area (Å²) < 4.78 is 32.9. The lowest BCUT2D eigenvalue weighted by atomic mass is 10.0. The molecule has 0 amide bonds. The summed E-state index contributed by atoms with van der Waals surface area (Å²) in [5.74, 6) is -0.598. The fourth-order valence-electron chi connectivity index (χ4n) is 2.65. The number of rotatable bonds is 3. The first-order valence-electron chi connectivity index (χ1n) is 8.07. The number of hydrogen-bond donors (Lipinski definition) is 0. The molecule has 0 N–H and O–H groups in total. The normalized spacial score (nSPS) is 11.0. The van der Waals surface area contributed by atoms with Crippen LogP contribution >= 0.6 is 0 Å². The minimum Gasteiger partial charge on any atom is -0.332 e. The number of hydrogen-bond acceptors (Lipinski definition) is 6. The van der Waals surface area contributed by atoms with Crippen LogP contribution in [-0.4, -0.2) is 25.1 Å². The maximum atomic E-state index is 14.7. The van der Waals surface area contributed by atoms with E-state index >= 15 is 0 Å². The molecule has 4 heterocycles. The molecule has 8 heteroatoms. The first-order valence-corrected chi connectivity index (χ1v) is 8.07. The van der Waals surface area contributed by atoms with Gasteiger partial charge in [-0.15, -0.1) is 0 Å². The monoisotopic (exact) mass is 365 g/mol. The summed E-state index contributed by atoms with van der Waals surface area (Å²) >= 11 is 0. The molecular formula is C19H13F2N5O. The molecule has 0 spiro atoms. The van der Waals surface area contributed by atoms with E-state index in [2.05, 4.69) is 25.1 Å². The molecule has 4 rings (SSSR count). The van der Waals surface area contributed by atoms with Crippen molar-refractivity contribution in [3.8, 4) is 34.2 Å². The molecular weight excluding hydrogens is 352 g/mol. The van der Waals surface area contributed by atoms with Crippen LogP contribution in [0.2, 0.25) is 0 Å². The van der Waals surface area contributed by atoms with Crippen molar-refractivity contribution in [1.82, 2.24) is 25.1 Å². The topological polar surface area (TPSA) is 77.6 Å². The predicted octanol–water partition coefficient (Wildman–Crippen LogP) is 4.15. The van der Waals surface area contributed by atoms with Gasteiger partial charge in [0.15, 0.2) is 5.82 Å². The lowest BCUT2D eigenvalue weighted by Crippen LogP contribution is -1.98. The first kappa shape index (κ1) is 16.9. The van der Waals surface area contributed by atoms with Crippen molar-refractivity contribution in [2.45, 2.75) is 13.8 Å². The Labute approximate surface area is 153 Å². The fourth-order valence-corrected chi connectivity index (χ4v) is 2.65. The maximum absolute atomic E-state index is 14.7. The maximum Gasteiger partial charge on any atom is 0.276 e. The van der Waals surface area contributed by atoms with Crippen molar-refractivity contribution in [2.75, 3.05) is 0 Å². The van der Waals surface area contributed by atoms with Gasteiger partial charge in [0, 0.05) is 23.5 Å². The highest BCUT2D eigenvalue weighted by atomic mass is 19.1. The minimum absolute atomic E-state index is 0.118. The van der Waals surface area contributed by atoms with Crippen LogP contribution in [0, 0.1) is 25.5 Å². The molecule has 0 bridgehead atoms. The van der Waals surface area contributed by atoms with Gasteiger partial charge in [-0.2, -0.15) is 4.98 Å². The van der Waals surface area contributed by atoms with Gasteiger partial charge in [0.25, 0.3) is 5.89 Å². The quantitative estimate of drug-likeness (QED) is 0.543. The van der Waals surface area contributed by atoms with Crippen molar-refractivity contribution >= 4 is 0 Å². The van der Waals surface area contributed by atoms with Crippen molar-refractivity contribution in [2.24, 2.45) is 0 Å². The zero-order valence-electron chi connectivity index (χ0n) is 14.4. The largest absolute Gasteiger partial charge is 0.332 e. The van der Waals surface area contributed by atoms with Gasteiger partial charge in [-0.05, 0) is 43.7 Å². The average Bonchev–Trinajstić information content (AvgIpc) is 3.15. The van der Waals surface area contributed by atoms with E-state index in [1.54, 1.807) is 31.5 Å². The molecule has 134 valence electrons. The summed E-state index contributed by atoms with van der Waals surface area (Å²) in [6, 6.07) is 6.03. The standard InChI is InChI=1S/C19H13F2N5O/c1-10-5-6-22-9-14(10)13-7-16(24-11(2)17(13)21)18-25-19(27-26-18)15-4-3-12(20)8-23-15/h3-9H,1-2H3. The molecule has 0 unspecified atom stereocenters. The van der Waals surface area contributed by atoms with Gasteiger partial charge in [-0.25, -0.2) is 18.7 Å².